The third-order valence-corrected chi connectivity index (χ3v) is 10.1. The van der Waals surface area contributed by atoms with Crippen LogP contribution in [0.25, 0.3) is 0 Å². The third-order valence-electron chi connectivity index (χ3n) is 9.04. The number of aliphatic hydroxyl groups is 1. The van der Waals surface area contributed by atoms with Gasteiger partial charge in [0.05, 0.1) is 10.5 Å². The summed E-state index contributed by atoms with van der Waals surface area (Å²) in [4.78, 5) is 22.8. The molecule has 1 saturated heterocycles. The predicted octanol–water partition coefficient (Wildman–Crippen LogP) is 2.87. The fourth-order valence-electron chi connectivity index (χ4n) is 7.60. The first kappa shape index (κ1) is 24.7. The molecule has 0 radical (unpaired) electrons. The molecule has 3 atom stereocenters. The topological polar surface area (TPSA) is 103 Å². The Morgan fingerprint density at radius 2 is 1.81 bits per heavy atom. The Balaban J connectivity index is 1.13. The van der Waals surface area contributed by atoms with E-state index in [9.17, 15) is 18.3 Å². The van der Waals surface area contributed by atoms with Gasteiger partial charge in [0.15, 0.2) is 9.84 Å². The van der Waals surface area contributed by atoms with Crippen molar-refractivity contribution in [3.05, 3.63) is 48.2 Å². The Morgan fingerprint density at radius 1 is 1.08 bits per heavy atom. The van der Waals surface area contributed by atoms with Gasteiger partial charge in [0.25, 0.3) is 5.91 Å². The van der Waals surface area contributed by atoms with E-state index in [-0.39, 0.29) is 18.0 Å². The number of piperazine rings is 1. The zero-order chi connectivity index (χ0) is 25.9. The molecule has 3 unspecified atom stereocenters. The lowest BCUT2D eigenvalue weighted by molar-refractivity contribution is -0.136. The SMILES string of the molecule is CC1CN(c2cccc(S(C)(=O)=O)c2)CCN1c1cccc(C(=O)NC2C3CC4CC2CC(O)(C4)C3)n1. The molecule has 7 rings (SSSR count). The normalized spacial score (nSPS) is 33.0. The molecular weight excluding hydrogens is 488 g/mol. The van der Waals surface area contributed by atoms with Gasteiger partial charge in [-0.2, -0.15) is 0 Å². The lowest BCUT2D eigenvalue weighted by atomic mass is 9.52. The maximum absolute atomic E-state index is 13.3. The maximum Gasteiger partial charge on any atom is 0.270 e. The van der Waals surface area contributed by atoms with Crippen LogP contribution in [0.3, 0.4) is 0 Å². The molecular formula is C28H36N4O4S. The number of benzene rings is 1. The first-order valence-electron chi connectivity index (χ1n) is 13.4. The average molecular weight is 525 g/mol. The van der Waals surface area contributed by atoms with Crippen LogP contribution in [-0.2, 0) is 9.84 Å². The predicted molar refractivity (Wildman–Crippen MR) is 143 cm³/mol. The van der Waals surface area contributed by atoms with Crippen LogP contribution in [0.5, 0.6) is 0 Å². The fourth-order valence-corrected chi connectivity index (χ4v) is 8.26. The molecule has 8 nitrogen and oxygen atoms in total. The molecule has 1 amide bonds. The highest BCUT2D eigenvalue weighted by atomic mass is 32.2. The lowest BCUT2D eigenvalue weighted by Crippen LogP contribution is -2.61. The molecule has 2 heterocycles. The Bertz CT molecular complexity index is 1300. The second-order valence-corrected chi connectivity index (χ2v) is 13.8. The van der Waals surface area contributed by atoms with E-state index < -0.39 is 15.4 Å². The van der Waals surface area contributed by atoms with Crippen molar-refractivity contribution in [1.29, 1.82) is 0 Å². The standard InChI is InChI=1S/C28H36N4O4S/c1-18-17-31(22-5-3-6-23(13-22)37(2,35)36)9-10-32(18)25-8-4-7-24(29-25)27(33)30-26-20-11-19-12-21(26)16-28(34,14-19)15-20/h3-8,13,18-21,26,34H,9-12,14-17H2,1-2H3,(H,30,33). The Morgan fingerprint density at radius 3 is 2.49 bits per heavy atom. The van der Waals surface area contributed by atoms with Crippen LogP contribution in [0, 0.1) is 17.8 Å². The van der Waals surface area contributed by atoms with Crippen molar-refractivity contribution in [2.75, 3.05) is 35.7 Å². The van der Waals surface area contributed by atoms with E-state index >= 15 is 0 Å². The number of nitrogens with zero attached hydrogens (tertiary/aromatic N) is 3. The van der Waals surface area contributed by atoms with E-state index in [4.69, 9.17) is 4.98 Å². The summed E-state index contributed by atoms with van der Waals surface area (Å²) in [5, 5.41) is 14.2. The molecule has 4 saturated carbocycles. The summed E-state index contributed by atoms with van der Waals surface area (Å²) in [6.07, 6.45) is 5.96. The molecule has 1 aromatic carbocycles. The summed E-state index contributed by atoms with van der Waals surface area (Å²) in [6, 6.07) is 13.0. The van der Waals surface area contributed by atoms with E-state index in [0.29, 0.717) is 28.3 Å². The van der Waals surface area contributed by atoms with Crippen LogP contribution in [-0.4, -0.2) is 68.0 Å². The Kier molecular flexibility index (Phi) is 5.99. The highest BCUT2D eigenvalue weighted by Crippen LogP contribution is 2.55. The van der Waals surface area contributed by atoms with Crippen molar-refractivity contribution in [3.63, 3.8) is 0 Å². The van der Waals surface area contributed by atoms with Crippen LogP contribution in [0.15, 0.2) is 47.4 Å². The smallest absolute Gasteiger partial charge is 0.270 e. The highest BCUT2D eigenvalue weighted by molar-refractivity contribution is 7.90. The van der Waals surface area contributed by atoms with Crippen LogP contribution >= 0.6 is 0 Å². The van der Waals surface area contributed by atoms with Crippen molar-refractivity contribution < 1.29 is 18.3 Å². The summed E-state index contributed by atoms with van der Waals surface area (Å²) in [5.74, 6) is 1.97. The number of carbonyl (C=O) groups excluding carboxylic acids is 1. The number of hydrogen-bond donors (Lipinski definition) is 2. The van der Waals surface area contributed by atoms with Crippen molar-refractivity contribution in [2.45, 2.75) is 61.6 Å². The van der Waals surface area contributed by atoms with Gasteiger partial charge < -0.3 is 20.2 Å². The molecule has 37 heavy (non-hydrogen) atoms. The van der Waals surface area contributed by atoms with Gasteiger partial charge >= 0.3 is 0 Å². The molecule has 2 aromatic rings. The van der Waals surface area contributed by atoms with Crippen LogP contribution in [0.2, 0.25) is 0 Å². The largest absolute Gasteiger partial charge is 0.390 e. The third kappa shape index (κ3) is 4.72. The number of amides is 1. The van der Waals surface area contributed by atoms with E-state index in [1.807, 2.05) is 18.2 Å². The quantitative estimate of drug-likeness (QED) is 0.620. The summed E-state index contributed by atoms with van der Waals surface area (Å²) >= 11 is 0. The van der Waals surface area contributed by atoms with Gasteiger partial charge in [0.1, 0.15) is 11.5 Å². The van der Waals surface area contributed by atoms with E-state index in [1.165, 1.54) is 6.26 Å². The molecule has 0 spiro atoms. The van der Waals surface area contributed by atoms with Crippen LogP contribution in [0.1, 0.15) is 49.5 Å². The summed E-state index contributed by atoms with van der Waals surface area (Å²) in [6.45, 7) is 4.29. The second kappa shape index (κ2) is 8.98. The fraction of sp³-hybridized carbons (Fsp3) is 0.571. The number of anilines is 2. The van der Waals surface area contributed by atoms with E-state index in [0.717, 1.165) is 63.2 Å². The van der Waals surface area contributed by atoms with Gasteiger partial charge in [0, 0.05) is 43.7 Å². The zero-order valence-electron chi connectivity index (χ0n) is 21.5. The van der Waals surface area contributed by atoms with E-state index in [2.05, 4.69) is 22.0 Å². The molecule has 4 aliphatic carbocycles. The molecule has 2 N–H and O–H groups in total. The van der Waals surface area contributed by atoms with Crippen molar-refractivity contribution in [3.8, 4) is 0 Å². The number of nitrogens with one attached hydrogen (secondary N) is 1. The van der Waals surface area contributed by atoms with E-state index in [1.54, 1.807) is 24.3 Å². The summed E-state index contributed by atoms with van der Waals surface area (Å²) in [5.41, 5.74) is 0.816. The average Bonchev–Trinajstić information content (AvgIpc) is 2.85. The van der Waals surface area contributed by atoms with Gasteiger partial charge in [-0.1, -0.05) is 12.1 Å². The second-order valence-electron chi connectivity index (χ2n) is 11.8. The first-order valence-corrected chi connectivity index (χ1v) is 15.3. The van der Waals surface area contributed by atoms with Crippen molar-refractivity contribution in [2.24, 2.45) is 17.8 Å². The van der Waals surface area contributed by atoms with Crippen molar-refractivity contribution in [1.82, 2.24) is 10.3 Å². The molecule has 4 bridgehead atoms. The van der Waals surface area contributed by atoms with Crippen molar-refractivity contribution >= 4 is 27.2 Å². The number of sulfone groups is 1. The minimum atomic E-state index is -3.26. The minimum absolute atomic E-state index is 0.125. The number of pyridine rings is 1. The zero-order valence-corrected chi connectivity index (χ0v) is 22.3. The van der Waals surface area contributed by atoms with Gasteiger partial charge in [-0.15, -0.1) is 0 Å². The molecule has 5 aliphatic rings. The lowest BCUT2D eigenvalue weighted by Gasteiger charge is -2.58. The summed E-state index contributed by atoms with van der Waals surface area (Å²) < 4.78 is 24.0. The Labute approximate surface area is 219 Å². The van der Waals surface area contributed by atoms with Gasteiger partial charge in [-0.25, -0.2) is 13.4 Å². The number of hydrogen-bond acceptors (Lipinski definition) is 7. The molecule has 9 heteroatoms. The monoisotopic (exact) mass is 524 g/mol. The molecule has 1 aromatic heterocycles. The number of aromatic nitrogens is 1. The van der Waals surface area contributed by atoms with Crippen LogP contribution in [0.4, 0.5) is 11.5 Å². The number of rotatable bonds is 5. The maximum atomic E-state index is 13.3. The number of carbonyl (C=O) groups is 1. The van der Waals surface area contributed by atoms with Crippen LogP contribution < -0.4 is 15.1 Å². The highest BCUT2D eigenvalue weighted by Gasteiger charge is 2.55. The molecule has 1 aliphatic heterocycles. The van der Waals surface area contributed by atoms with Gasteiger partial charge in [0.2, 0.25) is 0 Å². The minimum Gasteiger partial charge on any atom is -0.390 e. The summed E-state index contributed by atoms with van der Waals surface area (Å²) in [7, 11) is -3.26. The molecule has 198 valence electrons. The Hall–Kier alpha value is -2.65. The molecule has 5 fully saturated rings. The van der Waals surface area contributed by atoms with Gasteiger partial charge in [-0.3, -0.25) is 4.79 Å². The van der Waals surface area contributed by atoms with Gasteiger partial charge in [-0.05, 0) is 87.1 Å². The first-order chi connectivity index (χ1) is 17.6.